The van der Waals surface area contributed by atoms with Gasteiger partial charge in [0.25, 0.3) is 5.91 Å². The Morgan fingerprint density at radius 2 is 1.67 bits per heavy atom. The molecule has 2 aromatic carbocycles. The van der Waals surface area contributed by atoms with Crippen molar-refractivity contribution in [2.45, 2.75) is 18.6 Å². The minimum absolute atomic E-state index is 0.193. The van der Waals surface area contributed by atoms with Gasteiger partial charge in [-0.3, -0.25) is 4.79 Å². The lowest BCUT2D eigenvalue weighted by molar-refractivity contribution is -0.137. The van der Waals surface area contributed by atoms with Crippen LogP contribution in [0.1, 0.15) is 33.1 Å². The minimum atomic E-state index is -4.35. The second-order valence-corrected chi connectivity index (χ2v) is 5.01. The molecule has 3 rings (SSSR count). The van der Waals surface area contributed by atoms with Crippen LogP contribution in [0.2, 0.25) is 0 Å². The Labute approximate surface area is 119 Å². The number of alkyl halides is 3. The Bertz CT molecular complexity index is 677. The van der Waals surface area contributed by atoms with E-state index in [1.54, 1.807) is 12.1 Å². The Kier molecular flexibility index (Phi) is 3.20. The summed E-state index contributed by atoms with van der Waals surface area (Å²) in [7, 11) is 0. The van der Waals surface area contributed by atoms with E-state index in [9.17, 15) is 18.0 Å². The zero-order valence-electron chi connectivity index (χ0n) is 10.9. The van der Waals surface area contributed by atoms with E-state index >= 15 is 0 Å². The number of halogens is 3. The minimum Gasteiger partial charge on any atom is -0.345 e. The first-order valence-electron chi connectivity index (χ1n) is 6.51. The maximum Gasteiger partial charge on any atom is 0.416 e. The number of fused-ring (bicyclic) bond motifs is 1. The average Bonchev–Trinajstić information content (AvgIpc) is 2.46. The van der Waals surface area contributed by atoms with Gasteiger partial charge in [-0.15, -0.1) is 0 Å². The van der Waals surface area contributed by atoms with Crippen LogP contribution < -0.4 is 5.32 Å². The normalized spacial score (nSPS) is 18.0. The number of nitrogens with one attached hydrogen (secondary N) is 1. The van der Waals surface area contributed by atoms with Crippen LogP contribution in [0.3, 0.4) is 0 Å². The summed E-state index contributed by atoms with van der Waals surface area (Å²) in [5, 5.41) is 2.83. The van der Waals surface area contributed by atoms with E-state index in [1.807, 2.05) is 12.1 Å². The van der Waals surface area contributed by atoms with Crippen LogP contribution in [-0.2, 0) is 12.6 Å². The summed E-state index contributed by atoms with van der Waals surface area (Å²) in [6.45, 7) is 0. The molecule has 0 aliphatic carbocycles. The molecule has 2 nitrogen and oxygen atoms in total. The van der Waals surface area contributed by atoms with Crippen LogP contribution in [-0.4, -0.2) is 5.91 Å². The molecule has 0 spiro atoms. The van der Waals surface area contributed by atoms with E-state index in [4.69, 9.17) is 0 Å². The largest absolute Gasteiger partial charge is 0.416 e. The molecule has 2 aromatic rings. The van der Waals surface area contributed by atoms with Crippen LogP contribution in [0.25, 0.3) is 0 Å². The van der Waals surface area contributed by atoms with Gasteiger partial charge in [-0.2, -0.15) is 13.2 Å². The highest BCUT2D eigenvalue weighted by Crippen LogP contribution is 2.31. The van der Waals surface area contributed by atoms with Crippen molar-refractivity contribution in [1.29, 1.82) is 0 Å². The van der Waals surface area contributed by atoms with Crippen molar-refractivity contribution in [2.75, 3.05) is 0 Å². The van der Waals surface area contributed by atoms with Crippen LogP contribution >= 0.6 is 0 Å². The summed E-state index contributed by atoms with van der Waals surface area (Å²) in [6, 6.07) is 11.9. The van der Waals surface area contributed by atoms with Gasteiger partial charge in [0.15, 0.2) is 0 Å². The van der Waals surface area contributed by atoms with Gasteiger partial charge in [-0.05, 0) is 35.7 Å². The smallest absolute Gasteiger partial charge is 0.345 e. The zero-order valence-corrected chi connectivity index (χ0v) is 10.9. The summed E-state index contributed by atoms with van der Waals surface area (Å²) >= 11 is 0. The first kappa shape index (κ1) is 13.7. The molecular weight excluding hydrogens is 279 g/mol. The van der Waals surface area contributed by atoms with Crippen LogP contribution in [0.5, 0.6) is 0 Å². The quantitative estimate of drug-likeness (QED) is 0.852. The standard InChI is InChI=1S/C16H12F3NO/c17-16(18,19)12-7-5-10(6-8-12)14-9-11-3-1-2-4-13(11)15(21)20-14/h1-8,14H,9H2,(H,20,21). The summed E-state index contributed by atoms with van der Waals surface area (Å²) < 4.78 is 37.7. The summed E-state index contributed by atoms with van der Waals surface area (Å²) in [6.07, 6.45) is -3.77. The lowest BCUT2D eigenvalue weighted by Gasteiger charge is -2.26. The Morgan fingerprint density at radius 3 is 2.33 bits per heavy atom. The lowest BCUT2D eigenvalue weighted by atomic mass is 9.91. The van der Waals surface area contributed by atoms with Gasteiger partial charge in [0.1, 0.15) is 0 Å². The fourth-order valence-electron chi connectivity index (χ4n) is 2.53. The van der Waals surface area contributed by atoms with Crippen LogP contribution in [0.15, 0.2) is 48.5 Å². The molecule has 1 N–H and O–H groups in total. The van der Waals surface area contributed by atoms with Gasteiger partial charge in [0, 0.05) is 5.56 Å². The van der Waals surface area contributed by atoms with Crippen LogP contribution in [0.4, 0.5) is 13.2 Å². The number of benzene rings is 2. The third-order valence-corrected chi connectivity index (χ3v) is 3.63. The van der Waals surface area contributed by atoms with Gasteiger partial charge < -0.3 is 5.32 Å². The average molecular weight is 291 g/mol. The number of carbonyl (C=O) groups excluding carboxylic acids is 1. The van der Waals surface area contributed by atoms with Crippen molar-refractivity contribution < 1.29 is 18.0 Å². The maximum atomic E-state index is 12.6. The predicted octanol–water partition coefficient (Wildman–Crippen LogP) is 3.73. The molecule has 1 heterocycles. The Hall–Kier alpha value is -2.30. The molecule has 1 unspecified atom stereocenters. The van der Waals surface area contributed by atoms with E-state index in [0.29, 0.717) is 17.5 Å². The molecule has 5 heteroatoms. The topological polar surface area (TPSA) is 29.1 Å². The molecule has 1 aliphatic rings. The predicted molar refractivity (Wildman–Crippen MR) is 71.8 cm³/mol. The molecular formula is C16H12F3NO. The molecule has 0 radical (unpaired) electrons. The summed E-state index contributed by atoms with van der Waals surface area (Å²) in [5.74, 6) is -0.193. The van der Waals surface area contributed by atoms with E-state index < -0.39 is 11.7 Å². The van der Waals surface area contributed by atoms with Crippen molar-refractivity contribution >= 4 is 5.91 Å². The van der Waals surface area contributed by atoms with E-state index in [1.165, 1.54) is 12.1 Å². The second kappa shape index (κ2) is 4.91. The van der Waals surface area contributed by atoms with Gasteiger partial charge in [0.05, 0.1) is 11.6 Å². The van der Waals surface area contributed by atoms with Crippen molar-refractivity contribution in [3.05, 3.63) is 70.8 Å². The Morgan fingerprint density at radius 1 is 1.00 bits per heavy atom. The monoisotopic (exact) mass is 291 g/mol. The highest BCUT2D eigenvalue weighted by atomic mass is 19.4. The molecule has 21 heavy (non-hydrogen) atoms. The highest BCUT2D eigenvalue weighted by molar-refractivity contribution is 5.97. The van der Waals surface area contributed by atoms with Gasteiger partial charge in [-0.1, -0.05) is 30.3 Å². The molecule has 0 saturated carbocycles. The maximum absolute atomic E-state index is 12.6. The highest BCUT2D eigenvalue weighted by Gasteiger charge is 2.31. The fraction of sp³-hybridized carbons (Fsp3) is 0.188. The molecule has 108 valence electrons. The number of amides is 1. The number of rotatable bonds is 1. The third-order valence-electron chi connectivity index (χ3n) is 3.63. The van der Waals surface area contributed by atoms with Gasteiger partial charge >= 0.3 is 6.18 Å². The first-order chi connectivity index (χ1) is 9.95. The summed E-state index contributed by atoms with van der Waals surface area (Å²) in [5.41, 5.74) is 1.52. The van der Waals surface area contributed by atoms with E-state index in [2.05, 4.69) is 5.32 Å². The van der Waals surface area contributed by atoms with E-state index in [-0.39, 0.29) is 11.9 Å². The van der Waals surface area contributed by atoms with Crippen molar-refractivity contribution in [1.82, 2.24) is 5.32 Å². The van der Waals surface area contributed by atoms with Gasteiger partial charge in [-0.25, -0.2) is 0 Å². The molecule has 0 saturated heterocycles. The summed E-state index contributed by atoms with van der Waals surface area (Å²) in [4.78, 5) is 12.0. The molecule has 0 bridgehead atoms. The van der Waals surface area contributed by atoms with Crippen molar-refractivity contribution in [3.63, 3.8) is 0 Å². The zero-order chi connectivity index (χ0) is 15.0. The van der Waals surface area contributed by atoms with Crippen molar-refractivity contribution in [3.8, 4) is 0 Å². The molecule has 1 atom stereocenters. The Balaban J connectivity index is 1.88. The van der Waals surface area contributed by atoms with Gasteiger partial charge in [0.2, 0.25) is 0 Å². The fourth-order valence-corrected chi connectivity index (χ4v) is 2.53. The number of hydrogen-bond acceptors (Lipinski definition) is 1. The SMILES string of the molecule is O=C1NC(c2ccc(C(F)(F)F)cc2)Cc2ccccc21. The van der Waals surface area contributed by atoms with Crippen molar-refractivity contribution in [2.24, 2.45) is 0 Å². The molecule has 0 fully saturated rings. The molecule has 0 aromatic heterocycles. The first-order valence-corrected chi connectivity index (χ1v) is 6.51. The molecule has 1 amide bonds. The third kappa shape index (κ3) is 2.63. The lowest BCUT2D eigenvalue weighted by Crippen LogP contribution is -2.35. The molecule has 1 aliphatic heterocycles. The van der Waals surface area contributed by atoms with Crippen LogP contribution in [0, 0.1) is 0 Å². The number of carbonyl (C=O) groups is 1. The van der Waals surface area contributed by atoms with E-state index in [0.717, 1.165) is 17.7 Å². The number of hydrogen-bond donors (Lipinski definition) is 1. The second-order valence-electron chi connectivity index (χ2n) is 5.01.